The molecule has 0 aliphatic carbocycles. The molecule has 136 valence electrons. The first kappa shape index (κ1) is 18.0. The minimum Gasteiger partial charge on any atom is -0.489 e. The molecule has 1 amide bonds. The van der Waals surface area contributed by atoms with Gasteiger partial charge in [0.25, 0.3) is 0 Å². The van der Waals surface area contributed by atoms with Crippen LogP contribution < -0.4 is 4.74 Å². The van der Waals surface area contributed by atoms with Crippen LogP contribution in [-0.2, 0) is 22.6 Å². The van der Waals surface area contributed by atoms with E-state index in [0.29, 0.717) is 25.3 Å². The summed E-state index contributed by atoms with van der Waals surface area (Å²) in [6, 6.07) is 14.8. The van der Waals surface area contributed by atoms with E-state index in [1.807, 2.05) is 55.5 Å². The molecule has 1 unspecified atom stereocenters. The van der Waals surface area contributed by atoms with E-state index < -0.39 is 12.0 Å². The second-order valence-electron chi connectivity index (χ2n) is 6.62. The summed E-state index contributed by atoms with van der Waals surface area (Å²) < 4.78 is 5.86. The zero-order valence-electron chi connectivity index (χ0n) is 14.9. The van der Waals surface area contributed by atoms with E-state index in [4.69, 9.17) is 4.74 Å². The van der Waals surface area contributed by atoms with Crippen molar-refractivity contribution in [3.8, 4) is 5.75 Å². The zero-order valence-corrected chi connectivity index (χ0v) is 14.9. The number of aryl methyl sites for hydroxylation is 1. The summed E-state index contributed by atoms with van der Waals surface area (Å²) in [7, 11) is 0. The normalized spacial score (nSPS) is 16.5. The number of carbonyl (C=O) groups is 2. The van der Waals surface area contributed by atoms with Crippen molar-refractivity contribution in [2.45, 2.75) is 38.8 Å². The van der Waals surface area contributed by atoms with Gasteiger partial charge in [-0.2, -0.15) is 0 Å². The summed E-state index contributed by atoms with van der Waals surface area (Å²) in [4.78, 5) is 25.2. The molecule has 1 atom stereocenters. The number of amides is 1. The largest absolute Gasteiger partial charge is 0.489 e. The molecule has 26 heavy (non-hydrogen) atoms. The second-order valence-corrected chi connectivity index (χ2v) is 6.62. The first-order valence-corrected chi connectivity index (χ1v) is 8.83. The number of carboxylic acids is 1. The lowest BCUT2D eigenvalue weighted by Crippen LogP contribution is -2.41. The number of ether oxygens (including phenoxy) is 1. The van der Waals surface area contributed by atoms with Crippen LogP contribution in [0.2, 0.25) is 0 Å². The monoisotopic (exact) mass is 353 g/mol. The molecule has 5 heteroatoms. The number of benzene rings is 2. The molecule has 5 nitrogen and oxygen atoms in total. The van der Waals surface area contributed by atoms with Crippen LogP contribution in [0.15, 0.2) is 48.5 Å². The molecule has 1 fully saturated rings. The molecule has 1 saturated heterocycles. The van der Waals surface area contributed by atoms with E-state index in [0.717, 1.165) is 17.5 Å². The van der Waals surface area contributed by atoms with Crippen LogP contribution in [0.4, 0.5) is 0 Å². The Hall–Kier alpha value is -2.82. The molecule has 2 aromatic rings. The summed E-state index contributed by atoms with van der Waals surface area (Å²) >= 11 is 0. The van der Waals surface area contributed by atoms with Gasteiger partial charge in [-0.25, -0.2) is 4.79 Å². The Morgan fingerprint density at radius 2 is 2.00 bits per heavy atom. The molecular formula is C21H23NO4. The molecular weight excluding hydrogens is 330 g/mol. The summed E-state index contributed by atoms with van der Waals surface area (Å²) in [6.07, 6.45) is 1.45. The maximum Gasteiger partial charge on any atom is 0.326 e. The maximum absolute atomic E-state index is 12.5. The molecule has 0 aromatic heterocycles. The average Bonchev–Trinajstić information content (AvgIpc) is 3.12. The van der Waals surface area contributed by atoms with Gasteiger partial charge in [0.2, 0.25) is 5.91 Å². The molecule has 1 heterocycles. The number of carbonyl (C=O) groups excluding carboxylic acids is 1. The van der Waals surface area contributed by atoms with Crippen LogP contribution in [-0.4, -0.2) is 34.5 Å². The highest BCUT2D eigenvalue weighted by Gasteiger charge is 2.33. The fraction of sp³-hybridized carbons (Fsp3) is 0.333. The maximum atomic E-state index is 12.5. The predicted octanol–water partition coefficient (Wildman–Crippen LogP) is 3.19. The van der Waals surface area contributed by atoms with E-state index in [-0.39, 0.29) is 12.3 Å². The number of hydrogen-bond donors (Lipinski definition) is 1. The molecule has 0 saturated carbocycles. The Balaban J connectivity index is 1.63. The van der Waals surface area contributed by atoms with Gasteiger partial charge in [-0.15, -0.1) is 0 Å². The number of likely N-dealkylation sites (tertiary alicyclic amines) is 1. The van der Waals surface area contributed by atoms with Gasteiger partial charge in [-0.3, -0.25) is 4.79 Å². The van der Waals surface area contributed by atoms with Crippen molar-refractivity contribution in [1.82, 2.24) is 4.90 Å². The highest BCUT2D eigenvalue weighted by Crippen LogP contribution is 2.21. The lowest BCUT2D eigenvalue weighted by atomic mass is 10.1. The van der Waals surface area contributed by atoms with Gasteiger partial charge in [0, 0.05) is 6.54 Å². The molecule has 2 aromatic carbocycles. The van der Waals surface area contributed by atoms with Crippen molar-refractivity contribution in [3.05, 3.63) is 65.2 Å². The van der Waals surface area contributed by atoms with E-state index in [1.54, 1.807) is 0 Å². The Morgan fingerprint density at radius 1 is 1.19 bits per heavy atom. The van der Waals surface area contributed by atoms with Gasteiger partial charge in [-0.05, 0) is 48.6 Å². The first-order chi connectivity index (χ1) is 12.5. The fourth-order valence-electron chi connectivity index (χ4n) is 3.28. The van der Waals surface area contributed by atoms with Crippen LogP contribution in [0.3, 0.4) is 0 Å². The van der Waals surface area contributed by atoms with E-state index in [2.05, 4.69) is 0 Å². The smallest absolute Gasteiger partial charge is 0.326 e. The van der Waals surface area contributed by atoms with Gasteiger partial charge in [0.1, 0.15) is 18.4 Å². The van der Waals surface area contributed by atoms with Crippen LogP contribution in [0.1, 0.15) is 29.5 Å². The average molecular weight is 353 g/mol. The van der Waals surface area contributed by atoms with Crippen molar-refractivity contribution >= 4 is 11.9 Å². The van der Waals surface area contributed by atoms with Crippen molar-refractivity contribution < 1.29 is 19.4 Å². The third kappa shape index (κ3) is 4.23. The van der Waals surface area contributed by atoms with Crippen LogP contribution in [0.25, 0.3) is 0 Å². The molecule has 1 N–H and O–H groups in total. The second kappa shape index (κ2) is 8.04. The third-order valence-electron chi connectivity index (χ3n) is 4.77. The van der Waals surface area contributed by atoms with Crippen molar-refractivity contribution in [2.24, 2.45) is 0 Å². The van der Waals surface area contributed by atoms with Crippen molar-refractivity contribution in [3.63, 3.8) is 0 Å². The zero-order chi connectivity index (χ0) is 18.5. The van der Waals surface area contributed by atoms with Crippen LogP contribution >= 0.6 is 0 Å². The Morgan fingerprint density at radius 3 is 2.77 bits per heavy atom. The molecule has 0 radical (unpaired) electrons. The van der Waals surface area contributed by atoms with Gasteiger partial charge in [0.15, 0.2) is 0 Å². The minimum atomic E-state index is -0.925. The summed E-state index contributed by atoms with van der Waals surface area (Å²) in [5.74, 6) is -0.369. The number of nitrogens with zero attached hydrogens (tertiary/aromatic N) is 1. The van der Waals surface area contributed by atoms with Crippen LogP contribution in [0.5, 0.6) is 5.75 Å². The third-order valence-corrected chi connectivity index (χ3v) is 4.77. The van der Waals surface area contributed by atoms with Crippen molar-refractivity contribution in [1.29, 1.82) is 0 Å². The molecule has 1 aliphatic heterocycles. The van der Waals surface area contributed by atoms with Crippen LogP contribution in [0, 0.1) is 6.92 Å². The topological polar surface area (TPSA) is 66.8 Å². The summed E-state index contributed by atoms with van der Waals surface area (Å²) in [5, 5.41) is 9.23. The Labute approximate surface area is 153 Å². The quantitative estimate of drug-likeness (QED) is 0.866. The standard InChI is InChI=1S/C21H23NO4/c1-15-6-2-3-8-17(15)14-26-18-9-4-7-16(12-18)13-20(23)22-11-5-10-19(22)21(24)25/h2-4,6-9,12,19H,5,10-11,13-14H2,1H3,(H,24,25). The SMILES string of the molecule is Cc1ccccc1COc1cccc(CC(=O)N2CCCC2C(=O)O)c1. The van der Waals surface area contributed by atoms with Gasteiger partial charge in [-0.1, -0.05) is 36.4 Å². The first-order valence-electron chi connectivity index (χ1n) is 8.83. The minimum absolute atomic E-state index is 0.147. The van der Waals surface area contributed by atoms with Crippen molar-refractivity contribution in [2.75, 3.05) is 6.54 Å². The lowest BCUT2D eigenvalue weighted by Gasteiger charge is -2.21. The fourth-order valence-corrected chi connectivity index (χ4v) is 3.28. The van der Waals surface area contributed by atoms with E-state index in [9.17, 15) is 14.7 Å². The summed E-state index contributed by atoms with van der Waals surface area (Å²) in [6.45, 7) is 3.03. The Bertz CT molecular complexity index is 802. The molecule has 0 spiro atoms. The lowest BCUT2D eigenvalue weighted by molar-refractivity contribution is -0.148. The highest BCUT2D eigenvalue weighted by atomic mass is 16.5. The predicted molar refractivity (Wildman–Crippen MR) is 98.0 cm³/mol. The van der Waals surface area contributed by atoms with E-state index in [1.165, 1.54) is 10.5 Å². The number of carboxylic acid groups (broad SMARTS) is 1. The number of aliphatic carboxylic acids is 1. The van der Waals surface area contributed by atoms with E-state index >= 15 is 0 Å². The summed E-state index contributed by atoms with van der Waals surface area (Å²) in [5.41, 5.74) is 3.12. The molecule has 1 aliphatic rings. The van der Waals surface area contributed by atoms with Gasteiger partial charge >= 0.3 is 5.97 Å². The number of rotatable bonds is 6. The number of hydrogen-bond acceptors (Lipinski definition) is 3. The molecule has 3 rings (SSSR count). The highest BCUT2D eigenvalue weighted by molar-refractivity contribution is 5.85. The molecule has 0 bridgehead atoms. The Kier molecular flexibility index (Phi) is 5.56. The van der Waals surface area contributed by atoms with Gasteiger partial charge in [0.05, 0.1) is 6.42 Å². The van der Waals surface area contributed by atoms with Gasteiger partial charge < -0.3 is 14.7 Å².